The minimum Gasteiger partial charge on any atom is -0.358 e. The molecule has 178 valence electrons. The molecule has 0 fully saturated rings. The fourth-order valence-corrected chi connectivity index (χ4v) is 4.48. The van der Waals surface area contributed by atoms with Gasteiger partial charge < -0.3 is 10.3 Å². The molecule has 8 nitrogen and oxygen atoms in total. The number of nitrogens with zero attached hydrogens (tertiary/aromatic N) is 5. The van der Waals surface area contributed by atoms with Crippen molar-refractivity contribution in [2.45, 2.75) is 32.6 Å². The summed E-state index contributed by atoms with van der Waals surface area (Å²) in [5, 5.41) is 11.9. The molecule has 5 aromatic heterocycles. The van der Waals surface area contributed by atoms with Crippen molar-refractivity contribution in [1.82, 2.24) is 35.1 Å². The second kappa shape index (κ2) is 9.22. The number of aromatic nitrogens is 7. The second-order valence-corrected chi connectivity index (χ2v) is 8.92. The first-order valence-electron chi connectivity index (χ1n) is 12.2. The van der Waals surface area contributed by atoms with Gasteiger partial charge in [0, 0.05) is 34.6 Å². The Morgan fingerprint density at radius 1 is 1.17 bits per heavy atom. The largest absolute Gasteiger partial charge is 0.358 e. The summed E-state index contributed by atoms with van der Waals surface area (Å²) in [4.78, 5) is 21.7. The molecule has 5 aromatic rings. The molecule has 36 heavy (non-hydrogen) atoms. The van der Waals surface area contributed by atoms with Gasteiger partial charge in [0.05, 0.1) is 34.8 Å². The predicted molar refractivity (Wildman–Crippen MR) is 144 cm³/mol. The van der Waals surface area contributed by atoms with E-state index in [4.69, 9.17) is 4.98 Å². The molecule has 8 heteroatoms. The van der Waals surface area contributed by atoms with E-state index in [1.807, 2.05) is 24.4 Å². The molecule has 1 aliphatic carbocycles. The minimum absolute atomic E-state index is 0.664. The van der Waals surface area contributed by atoms with E-state index >= 15 is 0 Å². The average molecular weight is 475 g/mol. The summed E-state index contributed by atoms with van der Waals surface area (Å²) in [6.07, 6.45) is 17.8. The SMILES string of the molecule is C=C(CCCC)Nc1cncc(-c2cc3c(-c4nc5nccc(C6=CCC=C6)c5[nH]4)n[nH]c3cn2)c1. The maximum atomic E-state index is 4.76. The van der Waals surface area contributed by atoms with Gasteiger partial charge >= 0.3 is 0 Å². The van der Waals surface area contributed by atoms with Crippen LogP contribution in [0.4, 0.5) is 5.69 Å². The lowest BCUT2D eigenvalue weighted by molar-refractivity contribution is 0.791. The van der Waals surface area contributed by atoms with Crippen LogP contribution >= 0.6 is 0 Å². The molecule has 0 aliphatic heterocycles. The van der Waals surface area contributed by atoms with Crippen LogP contribution in [0.5, 0.6) is 0 Å². The van der Waals surface area contributed by atoms with Crippen LogP contribution in [0.3, 0.4) is 0 Å². The van der Waals surface area contributed by atoms with Gasteiger partial charge in [-0.25, -0.2) is 9.97 Å². The third-order valence-corrected chi connectivity index (χ3v) is 6.33. The number of allylic oxidation sites excluding steroid dienone is 5. The topological polar surface area (TPSA) is 108 Å². The van der Waals surface area contributed by atoms with Crippen LogP contribution in [0.1, 0.15) is 38.2 Å². The van der Waals surface area contributed by atoms with E-state index in [1.54, 1.807) is 18.6 Å². The number of fused-ring (bicyclic) bond motifs is 2. The van der Waals surface area contributed by atoms with Gasteiger partial charge in [-0.2, -0.15) is 5.10 Å². The number of H-pyrrole nitrogens is 2. The number of anilines is 1. The monoisotopic (exact) mass is 474 g/mol. The lowest BCUT2D eigenvalue weighted by atomic mass is 10.1. The van der Waals surface area contributed by atoms with E-state index in [2.05, 4.69) is 67.2 Å². The van der Waals surface area contributed by atoms with E-state index in [9.17, 15) is 0 Å². The van der Waals surface area contributed by atoms with Gasteiger partial charge in [-0.15, -0.1) is 0 Å². The Hall–Kier alpha value is -4.59. The van der Waals surface area contributed by atoms with E-state index in [-0.39, 0.29) is 0 Å². The zero-order valence-electron chi connectivity index (χ0n) is 20.0. The van der Waals surface area contributed by atoms with Gasteiger partial charge in [-0.05, 0) is 43.0 Å². The zero-order valence-corrected chi connectivity index (χ0v) is 20.0. The van der Waals surface area contributed by atoms with Gasteiger partial charge in [-0.1, -0.05) is 38.2 Å². The molecule has 0 radical (unpaired) electrons. The Morgan fingerprint density at radius 2 is 2.11 bits per heavy atom. The fraction of sp³-hybridized carbons (Fsp3) is 0.179. The van der Waals surface area contributed by atoms with Gasteiger partial charge in [0.15, 0.2) is 11.5 Å². The zero-order chi connectivity index (χ0) is 24.5. The molecule has 0 saturated carbocycles. The van der Waals surface area contributed by atoms with Crippen LogP contribution in [0.15, 0.2) is 73.5 Å². The van der Waals surface area contributed by atoms with Crippen molar-refractivity contribution >= 4 is 33.3 Å². The van der Waals surface area contributed by atoms with Crippen molar-refractivity contribution in [3.05, 3.63) is 79.1 Å². The Labute approximate surface area is 208 Å². The Balaban J connectivity index is 1.36. The Kier molecular flexibility index (Phi) is 5.61. The molecule has 5 heterocycles. The summed E-state index contributed by atoms with van der Waals surface area (Å²) in [5.41, 5.74) is 8.99. The van der Waals surface area contributed by atoms with Crippen molar-refractivity contribution in [3.63, 3.8) is 0 Å². The van der Waals surface area contributed by atoms with Gasteiger partial charge in [0.2, 0.25) is 0 Å². The third kappa shape index (κ3) is 4.07. The highest BCUT2D eigenvalue weighted by molar-refractivity contribution is 5.96. The molecule has 0 aromatic carbocycles. The van der Waals surface area contributed by atoms with Crippen LogP contribution in [0.25, 0.3) is 50.4 Å². The number of rotatable bonds is 8. The molecular weight excluding hydrogens is 448 g/mol. The molecule has 6 rings (SSSR count). The number of aromatic amines is 2. The van der Waals surface area contributed by atoms with Crippen LogP contribution in [-0.4, -0.2) is 35.1 Å². The molecule has 0 bridgehead atoms. The van der Waals surface area contributed by atoms with Crippen molar-refractivity contribution < 1.29 is 0 Å². The second-order valence-electron chi connectivity index (χ2n) is 8.92. The summed E-state index contributed by atoms with van der Waals surface area (Å²) < 4.78 is 0. The molecular formula is C28H26N8. The van der Waals surface area contributed by atoms with Gasteiger partial charge in [0.25, 0.3) is 0 Å². The van der Waals surface area contributed by atoms with E-state index in [1.165, 1.54) is 5.57 Å². The lowest BCUT2D eigenvalue weighted by Crippen LogP contribution is -1.99. The third-order valence-electron chi connectivity index (χ3n) is 6.33. The summed E-state index contributed by atoms with van der Waals surface area (Å²) in [7, 11) is 0. The first-order valence-corrected chi connectivity index (χ1v) is 12.2. The predicted octanol–water partition coefficient (Wildman–Crippen LogP) is 6.42. The highest BCUT2D eigenvalue weighted by atomic mass is 15.1. The standard InChI is InChI=1S/C28H26N8/c1-3-4-7-17(2)32-20-12-19(14-29-15-20)23-13-22-24(16-31-23)35-36-26(22)28-33-25-21(18-8-5-6-9-18)10-11-30-27(25)34-28/h5,8-16,32H,2-4,6-7H2,1H3,(H,35,36)(H,30,33,34). The Morgan fingerprint density at radius 3 is 2.97 bits per heavy atom. The molecule has 1 aliphatic rings. The fourth-order valence-electron chi connectivity index (χ4n) is 4.48. The number of unbranched alkanes of at least 4 members (excludes halogenated alkanes) is 1. The first-order chi connectivity index (χ1) is 17.7. The van der Waals surface area contributed by atoms with Crippen molar-refractivity contribution in [2.24, 2.45) is 0 Å². The van der Waals surface area contributed by atoms with Crippen LogP contribution in [0.2, 0.25) is 0 Å². The summed E-state index contributed by atoms with van der Waals surface area (Å²) >= 11 is 0. The van der Waals surface area contributed by atoms with Crippen molar-refractivity contribution in [3.8, 4) is 22.8 Å². The van der Waals surface area contributed by atoms with Crippen molar-refractivity contribution in [2.75, 3.05) is 5.32 Å². The summed E-state index contributed by atoms with van der Waals surface area (Å²) in [6.45, 7) is 6.30. The lowest BCUT2D eigenvalue weighted by Gasteiger charge is -2.10. The Bertz CT molecular complexity index is 1650. The molecule has 0 atom stereocenters. The normalized spacial score (nSPS) is 13.0. The van der Waals surface area contributed by atoms with E-state index in [0.717, 1.165) is 76.0 Å². The van der Waals surface area contributed by atoms with Crippen LogP contribution in [0, 0.1) is 0 Å². The number of imidazole rings is 1. The number of pyridine rings is 3. The smallest absolute Gasteiger partial charge is 0.178 e. The highest BCUT2D eigenvalue weighted by Gasteiger charge is 2.17. The maximum Gasteiger partial charge on any atom is 0.178 e. The molecule has 0 unspecified atom stereocenters. The quantitative estimate of drug-likeness (QED) is 0.240. The molecule has 3 N–H and O–H groups in total. The maximum absolute atomic E-state index is 4.76. The number of hydrogen-bond acceptors (Lipinski definition) is 6. The highest BCUT2D eigenvalue weighted by Crippen LogP contribution is 2.32. The molecule has 0 amide bonds. The number of nitrogens with one attached hydrogen (secondary N) is 3. The van der Waals surface area contributed by atoms with Crippen LogP contribution in [-0.2, 0) is 0 Å². The minimum atomic E-state index is 0.664. The van der Waals surface area contributed by atoms with Gasteiger partial charge in [-0.3, -0.25) is 15.1 Å². The first kappa shape index (κ1) is 21.9. The summed E-state index contributed by atoms with van der Waals surface area (Å²) in [5.74, 6) is 0.664. The summed E-state index contributed by atoms with van der Waals surface area (Å²) in [6, 6.07) is 6.07. The molecule has 0 spiro atoms. The van der Waals surface area contributed by atoms with Crippen LogP contribution < -0.4 is 5.32 Å². The number of hydrogen-bond donors (Lipinski definition) is 3. The van der Waals surface area contributed by atoms with E-state index in [0.29, 0.717) is 11.5 Å². The van der Waals surface area contributed by atoms with E-state index < -0.39 is 0 Å². The van der Waals surface area contributed by atoms with Crippen molar-refractivity contribution in [1.29, 1.82) is 0 Å². The average Bonchev–Trinajstić information content (AvgIpc) is 3.66. The molecule has 0 saturated heterocycles. The van der Waals surface area contributed by atoms with Gasteiger partial charge in [0.1, 0.15) is 5.69 Å².